The summed E-state index contributed by atoms with van der Waals surface area (Å²) in [5.74, 6) is 13.6. The van der Waals surface area contributed by atoms with Gasteiger partial charge in [0.2, 0.25) is 0 Å². The van der Waals surface area contributed by atoms with Crippen molar-refractivity contribution in [3.63, 3.8) is 0 Å². The first-order valence-corrected chi connectivity index (χ1v) is 13.8. The van der Waals surface area contributed by atoms with Crippen molar-refractivity contribution in [2.24, 2.45) is 40.4 Å². The minimum absolute atomic E-state index is 0.0727. The average molecular weight is 487 g/mol. The van der Waals surface area contributed by atoms with E-state index >= 15 is 0 Å². The lowest BCUT2D eigenvalue weighted by atomic mass is 9.32. The van der Waals surface area contributed by atoms with Crippen molar-refractivity contribution in [3.05, 3.63) is 0 Å². The van der Waals surface area contributed by atoms with E-state index in [4.69, 9.17) is 44.6 Å². The molecular formula is C32H38O4. The molecule has 0 aromatic rings. The zero-order valence-electron chi connectivity index (χ0n) is 21.3. The summed E-state index contributed by atoms with van der Waals surface area (Å²) in [6.07, 6.45) is 33.1. The summed E-state index contributed by atoms with van der Waals surface area (Å²) in [7, 11) is 0. The fraction of sp³-hybridized carbons (Fsp3) is 0.750. The van der Waals surface area contributed by atoms with Crippen LogP contribution >= 0.6 is 0 Å². The van der Waals surface area contributed by atoms with E-state index in [2.05, 4.69) is 23.7 Å². The Bertz CT molecular complexity index is 959. The highest BCUT2D eigenvalue weighted by Gasteiger charge is 2.78. The first kappa shape index (κ1) is 24.4. The Kier molecular flexibility index (Phi) is 6.19. The molecule has 4 nitrogen and oxygen atoms in total. The summed E-state index contributed by atoms with van der Waals surface area (Å²) in [6.45, 7) is 1.14. The number of rotatable bonds is 9. The van der Waals surface area contributed by atoms with Crippen molar-refractivity contribution in [1.82, 2.24) is 0 Å². The largest absolute Gasteiger partial charge is 0.365 e. The second kappa shape index (κ2) is 9.13. The van der Waals surface area contributed by atoms with Crippen molar-refractivity contribution < 1.29 is 18.9 Å². The third kappa shape index (κ3) is 3.43. The summed E-state index contributed by atoms with van der Waals surface area (Å²) in [4.78, 5) is 0. The zero-order chi connectivity index (χ0) is 25.0. The van der Waals surface area contributed by atoms with Crippen molar-refractivity contribution in [2.75, 3.05) is 26.4 Å². The van der Waals surface area contributed by atoms with Crippen LogP contribution in [0.2, 0.25) is 0 Å². The van der Waals surface area contributed by atoms with E-state index < -0.39 is 0 Å². The molecule has 0 spiro atoms. The lowest BCUT2D eigenvalue weighted by Crippen LogP contribution is -2.80. The Balaban J connectivity index is 1.51. The molecule has 8 rings (SSSR count). The van der Waals surface area contributed by atoms with E-state index in [0.717, 1.165) is 37.0 Å². The third-order valence-electron chi connectivity index (χ3n) is 11.0. The number of terminal acetylenes is 4. The molecule has 4 atom stereocenters. The molecule has 36 heavy (non-hydrogen) atoms. The van der Waals surface area contributed by atoms with Crippen molar-refractivity contribution in [2.45, 2.75) is 81.7 Å². The van der Waals surface area contributed by atoms with Gasteiger partial charge in [-0.25, -0.2) is 0 Å². The maximum atomic E-state index is 6.74. The highest BCUT2D eigenvalue weighted by Crippen LogP contribution is 2.76. The lowest BCUT2D eigenvalue weighted by molar-refractivity contribution is -0.365. The van der Waals surface area contributed by atoms with Crippen LogP contribution in [-0.4, -0.2) is 50.3 Å². The fourth-order valence-corrected chi connectivity index (χ4v) is 10.9. The van der Waals surface area contributed by atoms with E-state index in [0.29, 0.717) is 6.61 Å². The summed E-state index contributed by atoms with van der Waals surface area (Å²) < 4.78 is 26.5. The van der Waals surface area contributed by atoms with Gasteiger partial charge in [-0.2, -0.15) is 0 Å². The number of hydrogen-bond acceptors (Lipinski definition) is 4. The van der Waals surface area contributed by atoms with E-state index in [1.165, 1.54) is 38.5 Å². The Hall–Kier alpha value is -1.92. The Morgan fingerprint density at radius 2 is 1.08 bits per heavy atom. The standard InChI is InChI=1S/C32H38O4/c1-5-9-33-27-25-19-31(36-12-8-4)20-26(27)29(35-11-7-3)32(21-31,28(25)34-10-6-2)30-16-22-13-23(17-30)15-24(14-22)18-30/h1-4,22-29H,9-21H2. The molecule has 0 N–H and O–H groups in total. The van der Waals surface area contributed by atoms with Gasteiger partial charge in [-0.1, -0.05) is 23.7 Å². The first-order valence-electron chi connectivity index (χ1n) is 13.8. The van der Waals surface area contributed by atoms with Gasteiger partial charge in [0.15, 0.2) is 0 Å². The molecular weight excluding hydrogens is 448 g/mol. The molecule has 0 amide bonds. The Labute approximate surface area is 216 Å². The molecule has 0 aromatic carbocycles. The molecule has 4 heteroatoms. The van der Waals surface area contributed by atoms with Crippen LogP contribution in [0.4, 0.5) is 0 Å². The van der Waals surface area contributed by atoms with Gasteiger partial charge in [0.1, 0.15) is 26.4 Å². The second-order valence-electron chi connectivity index (χ2n) is 12.7. The van der Waals surface area contributed by atoms with Crippen LogP contribution in [0.5, 0.6) is 0 Å². The van der Waals surface area contributed by atoms with E-state index in [-0.39, 0.29) is 66.4 Å². The summed E-state index contributed by atoms with van der Waals surface area (Å²) >= 11 is 0. The molecule has 8 fully saturated rings. The summed E-state index contributed by atoms with van der Waals surface area (Å²) in [5, 5.41) is 0. The van der Waals surface area contributed by atoms with E-state index in [9.17, 15) is 0 Å². The van der Waals surface area contributed by atoms with Gasteiger partial charge in [0, 0.05) is 17.3 Å². The minimum atomic E-state index is -0.299. The topological polar surface area (TPSA) is 36.9 Å². The predicted molar refractivity (Wildman–Crippen MR) is 137 cm³/mol. The van der Waals surface area contributed by atoms with Gasteiger partial charge in [-0.3, -0.25) is 0 Å². The molecule has 8 aliphatic carbocycles. The van der Waals surface area contributed by atoms with Gasteiger partial charge in [0.05, 0.1) is 23.9 Å². The molecule has 0 aliphatic heterocycles. The lowest BCUT2D eigenvalue weighted by Gasteiger charge is -2.76. The highest BCUT2D eigenvalue weighted by atomic mass is 16.5. The highest BCUT2D eigenvalue weighted by molar-refractivity contribution is 5.27. The minimum Gasteiger partial charge on any atom is -0.365 e. The molecule has 8 aliphatic rings. The molecule has 0 saturated heterocycles. The van der Waals surface area contributed by atoms with Gasteiger partial charge >= 0.3 is 0 Å². The van der Waals surface area contributed by atoms with Crippen molar-refractivity contribution >= 4 is 0 Å². The van der Waals surface area contributed by atoms with Gasteiger partial charge in [-0.15, -0.1) is 25.7 Å². The Morgan fingerprint density at radius 1 is 0.611 bits per heavy atom. The third-order valence-corrected chi connectivity index (χ3v) is 11.0. The van der Waals surface area contributed by atoms with Crippen LogP contribution in [0.15, 0.2) is 0 Å². The SMILES string of the molecule is C#CCOC1C2CC3(OCC#C)CC1C(OCC#C)C(C14CC5CC(CC(C5)C1)C4)(C3)C2OCC#C. The maximum absolute atomic E-state index is 6.74. The fourth-order valence-electron chi connectivity index (χ4n) is 10.9. The van der Waals surface area contributed by atoms with Crippen LogP contribution in [0, 0.1) is 89.8 Å². The van der Waals surface area contributed by atoms with Gasteiger partial charge in [0.25, 0.3) is 0 Å². The van der Waals surface area contributed by atoms with Crippen LogP contribution in [-0.2, 0) is 18.9 Å². The number of ether oxygens (including phenoxy) is 4. The van der Waals surface area contributed by atoms with Crippen molar-refractivity contribution in [1.29, 1.82) is 0 Å². The van der Waals surface area contributed by atoms with E-state index in [1.54, 1.807) is 0 Å². The van der Waals surface area contributed by atoms with Gasteiger partial charge < -0.3 is 18.9 Å². The first-order chi connectivity index (χ1) is 17.5. The second-order valence-corrected chi connectivity index (χ2v) is 12.7. The molecule has 190 valence electrons. The molecule has 4 unspecified atom stereocenters. The van der Waals surface area contributed by atoms with Crippen LogP contribution < -0.4 is 0 Å². The maximum Gasteiger partial charge on any atom is 0.108 e. The smallest absolute Gasteiger partial charge is 0.108 e. The molecule has 8 bridgehead atoms. The molecule has 8 saturated carbocycles. The normalized spacial score (nSPS) is 49.2. The Morgan fingerprint density at radius 3 is 1.56 bits per heavy atom. The zero-order valence-corrected chi connectivity index (χ0v) is 21.3. The molecule has 0 heterocycles. The monoisotopic (exact) mass is 486 g/mol. The molecule has 0 radical (unpaired) electrons. The van der Waals surface area contributed by atoms with Crippen LogP contribution in [0.25, 0.3) is 0 Å². The quantitative estimate of drug-likeness (QED) is 0.461. The average Bonchev–Trinajstić information content (AvgIpc) is 2.85. The van der Waals surface area contributed by atoms with Gasteiger partial charge in [-0.05, 0) is 81.0 Å². The predicted octanol–water partition coefficient (Wildman–Crippen LogP) is 4.08. The van der Waals surface area contributed by atoms with Crippen molar-refractivity contribution in [3.8, 4) is 49.4 Å². The summed E-state index contributed by atoms with van der Waals surface area (Å²) in [5.41, 5.74) is -0.389. The molecule has 0 aromatic heterocycles. The van der Waals surface area contributed by atoms with E-state index in [1.807, 2.05) is 0 Å². The number of hydrogen-bond donors (Lipinski definition) is 0. The summed E-state index contributed by atoms with van der Waals surface area (Å²) in [6, 6.07) is 0. The van der Waals surface area contributed by atoms with Crippen LogP contribution in [0.1, 0.15) is 57.8 Å². The van der Waals surface area contributed by atoms with Crippen LogP contribution in [0.3, 0.4) is 0 Å².